The molecule has 28 heavy (non-hydrogen) atoms. The molecule has 0 atom stereocenters. The minimum absolute atomic E-state index is 0.243. The predicted octanol–water partition coefficient (Wildman–Crippen LogP) is 3.88. The smallest absolute Gasteiger partial charge is 0.253 e. The van der Waals surface area contributed by atoms with E-state index in [1.807, 2.05) is 26.8 Å². The number of methoxy groups -OCH3 is 2. The fraction of sp³-hybridized carbons (Fsp3) is 0.273. The first-order valence-corrected chi connectivity index (χ1v) is 8.86. The van der Waals surface area contributed by atoms with Gasteiger partial charge in [0.1, 0.15) is 0 Å². The van der Waals surface area contributed by atoms with E-state index in [1.165, 1.54) is 6.08 Å². The summed E-state index contributed by atoms with van der Waals surface area (Å²) < 4.78 is 10.5. The van der Waals surface area contributed by atoms with E-state index < -0.39 is 0 Å². The van der Waals surface area contributed by atoms with Crippen molar-refractivity contribution in [1.82, 2.24) is 5.32 Å². The molecule has 0 aromatic heterocycles. The second-order valence-corrected chi connectivity index (χ2v) is 7.19. The fourth-order valence-corrected chi connectivity index (χ4v) is 2.50. The maximum absolute atomic E-state index is 12.5. The van der Waals surface area contributed by atoms with Gasteiger partial charge in [0.2, 0.25) is 5.91 Å². The average molecular weight is 382 g/mol. The molecule has 6 nitrogen and oxygen atoms in total. The van der Waals surface area contributed by atoms with Crippen LogP contribution in [0, 0.1) is 0 Å². The van der Waals surface area contributed by atoms with Crippen LogP contribution in [0.15, 0.2) is 48.5 Å². The molecule has 0 fully saturated rings. The molecule has 0 spiro atoms. The third kappa shape index (κ3) is 5.87. The normalized spacial score (nSPS) is 11.2. The molecule has 6 heteroatoms. The summed E-state index contributed by atoms with van der Waals surface area (Å²) in [5.41, 5.74) is 1.27. The first-order chi connectivity index (χ1) is 13.2. The second-order valence-electron chi connectivity index (χ2n) is 7.19. The van der Waals surface area contributed by atoms with Gasteiger partial charge in [0.15, 0.2) is 11.5 Å². The highest BCUT2D eigenvalue weighted by Gasteiger charge is 2.18. The summed E-state index contributed by atoms with van der Waals surface area (Å²) in [6, 6.07) is 12.2. The van der Waals surface area contributed by atoms with Gasteiger partial charge in [-0.3, -0.25) is 9.59 Å². The molecule has 0 bridgehead atoms. The van der Waals surface area contributed by atoms with E-state index in [2.05, 4.69) is 10.6 Å². The summed E-state index contributed by atoms with van der Waals surface area (Å²) >= 11 is 0. The molecule has 0 saturated carbocycles. The number of carbonyl (C=O) groups excluding carboxylic acids is 2. The van der Waals surface area contributed by atoms with Gasteiger partial charge >= 0.3 is 0 Å². The summed E-state index contributed by atoms with van der Waals surface area (Å²) in [5, 5.41) is 5.65. The molecule has 0 saturated heterocycles. The van der Waals surface area contributed by atoms with Crippen molar-refractivity contribution < 1.29 is 19.1 Å². The molecule has 0 aliphatic rings. The number of benzene rings is 2. The van der Waals surface area contributed by atoms with Crippen molar-refractivity contribution in [2.24, 2.45) is 0 Å². The Bertz CT molecular complexity index is 882. The van der Waals surface area contributed by atoms with Gasteiger partial charge in [-0.25, -0.2) is 0 Å². The number of hydrogen-bond acceptors (Lipinski definition) is 4. The van der Waals surface area contributed by atoms with Crippen molar-refractivity contribution >= 4 is 23.6 Å². The van der Waals surface area contributed by atoms with Crippen LogP contribution in [0.4, 0.5) is 5.69 Å². The number of nitrogens with one attached hydrogen (secondary N) is 2. The van der Waals surface area contributed by atoms with E-state index >= 15 is 0 Å². The minimum atomic E-state index is -0.373. The van der Waals surface area contributed by atoms with Gasteiger partial charge in [-0.15, -0.1) is 0 Å². The molecule has 2 aromatic carbocycles. The summed E-state index contributed by atoms with van der Waals surface area (Å²) in [5.74, 6) is 0.607. The molecular formula is C22H26N2O4. The largest absolute Gasteiger partial charge is 0.493 e. The van der Waals surface area contributed by atoms with Crippen LogP contribution in [-0.2, 0) is 4.79 Å². The summed E-state index contributed by atoms with van der Waals surface area (Å²) in [6.07, 6.45) is 3.06. The zero-order valence-electron chi connectivity index (χ0n) is 16.8. The number of anilines is 1. The molecule has 0 aliphatic carbocycles. The lowest BCUT2D eigenvalue weighted by molar-refractivity contribution is -0.111. The Morgan fingerprint density at radius 2 is 1.64 bits per heavy atom. The van der Waals surface area contributed by atoms with Crippen LogP contribution < -0.4 is 20.1 Å². The third-order valence-corrected chi connectivity index (χ3v) is 3.75. The van der Waals surface area contributed by atoms with Gasteiger partial charge in [-0.1, -0.05) is 18.2 Å². The number of ether oxygens (including phenoxy) is 2. The molecule has 2 amide bonds. The average Bonchev–Trinajstić information content (AvgIpc) is 2.65. The number of para-hydroxylation sites is 1. The Morgan fingerprint density at radius 1 is 0.964 bits per heavy atom. The van der Waals surface area contributed by atoms with Gasteiger partial charge in [0.25, 0.3) is 5.91 Å². The summed E-state index contributed by atoms with van der Waals surface area (Å²) in [7, 11) is 3.12. The lowest BCUT2D eigenvalue weighted by Gasteiger charge is -2.21. The Hall–Kier alpha value is -3.28. The minimum Gasteiger partial charge on any atom is -0.493 e. The zero-order valence-corrected chi connectivity index (χ0v) is 16.8. The van der Waals surface area contributed by atoms with E-state index in [9.17, 15) is 9.59 Å². The van der Waals surface area contributed by atoms with Crippen LogP contribution in [0.1, 0.15) is 36.7 Å². The van der Waals surface area contributed by atoms with Gasteiger partial charge in [0.05, 0.1) is 25.5 Å². The first kappa shape index (κ1) is 21.0. The highest BCUT2D eigenvalue weighted by atomic mass is 16.5. The first-order valence-electron chi connectivity index (χ1n) is 8.86. The molecule has 0 heterocycles. The standard InChI is InChI=1S/C22H26N2O4/c1-22(2,3)24-21(26)16-8-6-7-9-17(16)23-20(25)13-11-15-10-12-18(27-4)19(14-15)28-5/h6-14H,1-5H3,(H,23,25)(H,24,26)/b13-11+. The SMILES string of the molecule is COc1ccc(/C=C/C(=O)Nc2ccccc2C(=O)NC(C)(C)C)cc1OC. The van der Waals surface area contributed by atoms with Crippen molar-refractivity contribution in [2.45, 2.75) is 26.3 Å². The maximum Gasteiger partial charge on any atom is 0.253 e. The Kier molecular flexibility index (Phi) is 6.82. The van der Waals surface area contributed by atoms with Crippen LogP contribution >= 0.6 is 0 Å². The maximum atomic E-state index is 12.5. The quantitative estimate of drug-likeness (QED) is 0.743. The van der Waals surface area contributed by atoms with Crippen LogP contribution in [-0.4, -0.2) is 31.6 Å². The molecule has 0 radical (unpaired) electrons. The van der Waals surface area contributed by atoms with Crippen molar-refractivity contribution in [1.29, 1.82) is 0 Å². The van der Waals surface area contributed by atoms with E-state index in [-0.39, 0.29) is 17.4 Å². The van der Waals surface area contributed by atoms with Gasteiger partial charge in [-0.05, 0) is 56.7 Å². The fourth-order valence-electron chi connectivity index (χ4n) is 2.50. The van der Waals surface area contributed by atoms with Crippen LogP contribution in [0.2, 0.25) is 0 Å². The number of hydrogen-bond donors (Lipinski definition) is 2. The molecular weight excluding hydrogens is 356 g/mol. The van der Waals surface area contributed by atoms with Crippen molar-refractivity contribution in [3.63, 3.8) is 0 Å². The van der Waals surface area contributed by atoms with E-state index in [0.29, 0.717) is 22.7 Å². The topological polar surface area (TPSA) is 76.7 Å². The molecule has 2 aromatic rings. The van der Waals surface area contributed by atoms with Crippen molar-refractivity contribution in [3.05, 3.63) is 59.7 Å². The molecule has 148 valence electrons. The number of rotatable bonds is 6. The Morgan fingerprint density at radius 3 is 2.29 bits per heavy atom. The number of amides is 2. The van der Waals surface area contributed by atoms with Crippen molar-refractivity contribution in [3.8, 4) is 11.5 Å². The monoisotopic (exact) mass is 382 g/mol. The zero-order chi connectivity index (χ0) is 20.7. The van der Waals surface area contributed by atoms with Gasteiger partial charge < -0.3 is 20.1 Å². The molecule has 0 unspecified atom stereocenters. The lowest BCUT2D eigenvalue weighted by atomic mass is 10.1. The summed E-state index contributed by atoms with van der Waals surface area (Å²) in [6.45, 7) is 5.70. The van der Waals surface area contributed by atoms with Crippen LogP contribution in [0.5, 0.6) is 11.5 Å². The predicted molar refractivity (Wildman–Crippen MR) is 111 cm³/mol. The molecule has 2 N–H and O–H groups in total. The van der Waals surface area contributed by atoms with Gasteiger partial charge in [0, 0.05) is 11.6 Å². The van der Waals surface area contributed by atoms with E-state index in [0.717, 1.165) is 5.56 Å². The Balaban J connectivity index is 2.13. The van der Waals surface area contributed by atoms with Crippen molar-refractivity contribution in [2.75, 3.05) is 19.5 Å². The number of carbonyl (C=O) groups is 2. The Labute approximate surface area is 165 Å². The molecule has 0 aliphatic heterocycles. The van der Waals surface area contributed by atoms with Crippen LogP contribution in [0.3, 0.4) is 0 Å². The van der Waals surface area contributed by atoms with E-state index in [4.69, 9.17) is 9.47 Å². The second kappa shape index (κ2) is 9.08. The highest BCUT2D eigenvalue weighted by molar-refractivity contribution is 6.07. The summed E-state index contributed by atoms with van der Waals surface area (Å²) in [4.78, 5) is 24.8. The van der Waals surface area contributed by atoms with E-state index in [1.54, 1.807) is 56.7 Å². The van der Waals surface area contributed by atoms with Crippen LogP contribution in [0.25, 0.3) is 6.08 Å². The third-order valence-electron chi connectivity index (χ3n) is 3.75. The highest BCUT2D eigenvalue weighted by Crippen LogP contribution is 2.28. The lowest BCUT2D eigenvalue weighted by Crippen LogP contribution is -2.40. The van der Waals surface area contributed by atoms with Gasteiger partial charge in [-0.2, -0.15) is 0 Å². The molecule has 2 rings (SSSR count).